The Morgan fingerprint density at radius 1 is 1.11 bits per heavy atom. The SMILES string of the molecule is COc1ccccc1-n1ccc(C)c(C(=O)Nc2ccc(CN3CCOCC3)cc2)c1=O.O=CO. The average Bonchev–Trinajstić information content (AvgIpc) is 2.86. The van der Waals surface area contributed by atoms with Crippen molar-refractivity contribution in [3.8, 4) is 11.4 Å². The summed E-state index contributed by atoms with van der Waals surface area (Å²) in [7, 11) is 1.55. The number of hydrogen-bond donors (Lipinski definition) is 2. The van der Waals surface area contributed by atoms with E-state index in [1.165, 1.54) is 10.1 Å². The minimum absolute atomic E-state index is 0.107. The molecular formula is C26H29N3O6. The quantitative estimate of drug-likeness (QED) is 0.523. The van der Waals surface area contributed by atoms with Crippen LogP contribution in [0.1, 0.15) is 21.5 Å². The fourth-order valence-electron chi connectivity index (χ4n) is 3.83. The second-order valence-corrected chi connectivity index (χ2v) is 7.87. The van der Waals surface area contributed by atoms with Gasteiger partial charge in [-0.05, 0) is 48.4 Å². The summed E-state index contributed by atoms with van der Waals surface area (Å²) in [6.45, 7) is 5.72. The van der Waals surface area contributed by atoms with Gasteiger partial charge in [-0.2, -0.15) is 0 Å². The van der Waals surface area contributed by atoms with Crippen molar-refractivity contribution in [2.45, 2.75) is 13.5 Å². The third-order valence-corrected chi connectivity index (χ3v) is 5.59. The van der Waals surface area contributed by atoms with Crippen LogP contribution in [0.3, 0.4) is 0 Å². The van der Waals surface area contributed by atoms with Gasteiger partial charge < -0.3 is 19.9 Å². The number of carbonyl (C=O) groups is 2. The van der Waals surface area contributed by atoms with Gasteiger partial charge in [-0.1, -0.05) is 24.3 Å². The van der Waals surface area contributed by atoms with Crippen molar-refractivity contribution in [3.63, 3.8) is 0 Å². The number of rotatable bonds is 6. The Bertz CT molecular complexity index is 1200. The maximum atomic E-state index is 13.2. The number of anilines is 1. The van der Waals surface area contributed by atoms with E-state index in [-0.39, 0.29) is 12.0 Å². The number of aromatic nitrogens is 1. The van der Waals surface area contributed by atoms with Crippen LogP contribution in [0.4, 0.5) is 5.69 Å². The molecule has 3 aromatic rings. The highest BCUT2D eigenvalue weighted by atomic mass is 16.5. The molecule has 1 aliphatic heterocycles. The maximum absolute atomic E-state index is 13.2. The number of methoxy groups -OCH3 is 1. The molecule has 184 valence electrons. The number of para-hydroxylation sites is 2. The molecule has 9 nitrogen and oxygen atoms in total. The molecule has 35 heavy (non-hydrogen) atoms. The van der Waals surface area contributed by atoms with Crippen LogP contribution in [-0.2, 0) is 16.1 Å². The highest BCUT2D eigenvalue weighted by Crippen LogP contribution is 2.21. The van der Waals surface area contributed by atoms with Gasteiger partial charge in [0.25, 0.3) is 17.9 Å². The van der Waals surface area contributed by atoms with E-state index in [4.69, 9.17) is 19.4 Å². The van der Waals surface area contributed by atoms with Gasteiger partial charge in [-0.25, -0.2) is 0 Å². The number of benzene rings is 2. The van der Waals surface area contributed by atoms with Crippen LogP contribution in [0.5, 0.6) is 5.75 Å². The van der Waals surface area contributed by atoms with Crippen molar-refractivity contribution < 1.29 is 24.2 Å². The molecule has 1 aliphatic rings. The minimum atomic E-state index is -0.433. The molecule has 2 aromatic carbocycles. The molecule has 0 bridgehead atoms. The topological polar surface area (TPSA) is 110 Å². The lowest BCUT2D eigenvalue weighted by Crippen LogP contribution is -2.35. The number of amides is 1. The van der Waals surface area contributed by atoms with Crippen molar-refractivity contribution in [2.24, 2.45) is 0 Å². The molecule has 1 fully saturated rings. The predicted molar refractivity (Wildman–Crippen MR) is 133 cm³/mol. The van der Waals surface area contributed by atoms with Crippen LogP contribution in [-0.4, -0.2) is 60.4 Å². The summed E-state index contributed by atoms with van der Waals surface area (Å²) >= 11 is 0. The first-order valence-electron chi connectivity index (χ1n) is 11.1. The summed E-state index contributed by atoms with van der Waals surface area (Å²) in [6, 6.07) is 16.7. The second kappa shape index (κ2) is 12.5. The fourth-order valence-corrected chi connectivity index (χ4v) is 3.83. The summed E-state index contributed by atoms with van der Waals surface area (Å²) < 4.78 is 12.2. The number of ether oxygens (including phenoxy) is 2. The summed E-state index contributed by atoms with van der Waals surface area (Å²) in [5.41, 5.74) is 2.72. The molecule has 0 saturated carbocycles. The Labute approximate surface area is 203 Å². The summed E-state index contributed by atoms with van der Waals surface area (Å²) in [5, 5.41) is 9.75. The lowest BCUT2D eigenvalue weighted by Gasteiger charge is -2.26. The minimum Gasteiger partial charge on any atom is -0.495 e. The number of nitrogens with zero attached hydrogens (tertiary/aromatic N) is 2. The lowest BCUT2D eigenvalue weighted by molar-refractivity contribution is -0.122. The van der Waals surface area contributed by atoms with Gasteiger partial charge in [-0.15, -0.1) is 0 Å². The van der Waals surface area contributed by atoms with E-state index in [1.54, 1.807) is 38.4 Å². The number of morpholine rings is 1. The lowest BCUT2D eigenvalue weighted by atomic mass is 10.1. The Morgan fingerprint density at radius 3 is 2.43 bits per heavy atom. The molecular weight excluding hydrogens is 450 g/mol. The predicted octanol–water partition coefficient (Wildman–Crippen LogP) is 2.94. The van der Waals surface area contributed by atoms with E-state index in [9.17, 15) is 9.59 Å². The van der Waals surface area contributed by atoms with Gasteiger partial charge >= 0.3 is 0 Å². The first-order chi connectivity index (χ1) is 17.0. The molecule has 0 unspecified atom stereocenters. The molecule has 9 heteroatoms. The van der Waals surface area contributed by atoms with Crippen LogP contribution in [0, 0.1) is 6.92 Å². The van der Waals surface area contributed by atoms with Crippen LogP contribution in [0.25, 0.3) is 5.69 Å². The van der Waals surface area contributed by atoms with E-state index >= 15 is 0 Å². The number of aryl methyl sites for hydroxylation is 1. The van der Waals surface area contributed by atoms with Crippen molar-refractivity contribution >= 4 is 18.1 Å². The standard InChI is InChI=1S/C25H27N3O4.CH2O2/c1-18-11-12-28(21-5-3-4-6-22(21)31-2)25(30)23(18)24(29)26-20-9-7-19(8-10-20)17-27-13-15-32-16-14-27;2-1-3/h3-12H,13-17H2,1-2H3,(H,26,29);1H,(H,2,3). The normalized spacial score (nSPS) is 13.3. The third-order valence-electron chi connectivity index (χ3n) is 5.59. The number of nitrogens with one attached hydrogen (secondary N) is 1. The summed E-state index contributed by atoms with van der Waals surface area (Å²) in [4.78, 5) is 36.9. The molecule has 0 aliphatic carbocycles. The Hall–Kier alpha value is -3.95. The van der Waals surface area contributed by atoms with Crippen LogP contribution < -0.4 is 15.6 Å². The van der Waals surface area contributed by atoms with Gasteiger partial charge in [-0.3, -0.25) is 23.9 Å². The molecule has 1 aromatic heterocycles. The van der Waals surface area contributed by atoms with E-state index < -0.39 is 11.5 Å². The average molecular weight is 480 g/mol. The van der Waals surface area contributed by atoms with E-state index in [1.807, 2.05) is 36.4 Å². The summed E-state index contributed by atoms with van der Waals surface area (Å²) in [6.07, 6.45) is 1.66. The highest BCUT2D eigenvalue weighted by molar-refractivity contribution is 6.05. The molecule has 0 spiro atoms. The zero-order valence-electron chi connectivity index (χ0n) is 19.8. The van der Waals surface area contributed by atoms with Crippen molar-refractivity contribution in [1.82, 2.24) is 9.47 Å². The first-order valence-corrected chi connectivity index (χ1v) is 11.1. The molecule has 1 amide bonds. The molecule has 2 heterocycles. The molecule has 2 N–H and O–H groups in total. The zero-order chi connectivity index (χ0) is 25.2. The van der Waals surface area contributed by atoms with Crippen LogP contribution >= 0.6 is 0 Å². The van der Waals surface area contributed by atoms with Gasteiger partial charge in [0, 0.05) is 31.5 Å². The number of carbonyl (C=O) groups excluding carboxylic acids is 1. The van der Waals surface area contributed by atoms with Gasteiger partial charge in [0.05, 0.1) is 26.0 Å². The van der Waals surface area contributed by atoms with Crippen molar-refractivity contribution in [2.75, 3.05) is 38.7 Å². The van der Waals surface area contributed by atoms with E-state index in [2.05, 4.69) is 10.2 Å². The monoisotopic (exact) mass is 479 g/mol. The van der Waals surface area contributed by atoms with Gasteiger partial charge in [0.15, 0.2) is 0 Å². The fraction of sp³-hybridized carbons (Fsp3) is 0.269. The van der Waals surface area contributed by atoms with E-state index in [0.717, 1.165) is 32.8 Å². The zero-order valence-corrected chi connectivity index (χ0v) is 19.8. The Kier molecular flexibility index (Phi) is 9.16. The maximum Gasteiger partial charge on any atom is 0.290 e. The number of pyridine rings is 1. The summed E-state index contributed by atoms with van der Waals surface area (Å²) in [5.74, 6) is 0.123. The number of carboxylic acid groups (broad SMARTS) is 1. The Morgan fingerprint density at radius 2 is 1.77 bits per heavy atom. The van der Waals surface area contributed by atoms with Crippen LogP contribution in [0.2, 0.25) is 0 Å². The third kappa shape index (κ3) is 6.56. The Balaban J connectivity index is 0.00000108. The van der Waals surface area contributed by atoms with Crippen molar-refractivity contribution in [3.05, 3.63) is 87.8 Å². The second-order valence-electron chi connectivity index (χ2n) is 7.87. The highest BCUT2D eigenvalue weighted by Gasteiger charge is 2.18. The molecule has 0 atom stereocenters. The van der Waals surface area contributed by atoms with E-state index in [0.29, 0.717) is 22.7 Å². The van der Waals surface area contributed by atoms with Crippen molar-refractivity contribution in [1.29, 1.82) is 0 Å². The van der Waals surface area contributed by atoms with Gasteiger partial charge in [0.1, 0.15) is 11.3 Å². The molecule has 4 rings (SSSR count). The number of hydrogen-bond acceptors (Lipinski definition) is 6. The van der Waals surface area contributed by atoms with Crippen LogP contribution in [0.15, 0.2) is 65.6 Å². The molecule has 1 saturated heterocycles. The smallest absolute Gasteiger partial charge is 0.290 e. The van der Waals surface area contributed by atoms with Gasteiger partial charge in [0.2, 0.25) is 0 Å². The first kappa shape index (κ1) is 25.7. The largest absolute Gasteiger partial charge is 0.495 e. The molecule has 0 radical (unpaired) electrons.